The van der Waals surface area contributed by atoms with Crippen LogP contribution in [0.5, 0.6) is 0 Å². The Morgan fingerprint density at radius 3 is 2.30 bits per heavy atom. The van der Waals surface area contributed by atoms with Gasteiger partial charge in [-0.1, -0.05) is 59.6 Å². The molecule has 0 aliphatic heterocycles. The maximum Gasteiger partial charge on any atom is 0.355 e. The Bertz CT molecular complexity index is 961. The molecule has 2 aromatic rings. The normalized spacial score (nSPS) is 13.2. The van der Waals surface area contributed by atoms with Crippen molar-refractivity contribution in [3.05, 3.63) is 75.4 Å². The van der Waals surface area contributed by atoms with Crippen LogP contribution in [0.25, 0.3) is 6.08 Å². The number of nitrogens with one attached hydrogen (secondary N) is 2. The largest absolute Gasteiger partial charge is 0.448 e. The molecule has 0 saturated heterocycles. The van der Waals surface area contributed by atoms with Crippen molar-refractivity contribution >= 4 is 47.1 Å². The van der Waals surface area contributed by atoms with Crippen molar-refractivity contribution in [3.8, 4) is 0 Å². The van der Waals surface area contributed by atoms with Crippen LogP contribution in [0.15, 0.2) is 54.2 Å². The van der Waals surface area contributed by atoms with Crippen LogP contribution in [0, 0.1) is 0 Å². The maximum absolute atomic E-state index is 12.5. The van der Waals surface area contributed by atoms with E-state index >= 15 is 0 Å². The Hall–Kier alpha value is -2.83. The summed E-state index contributed by atoms with van der Waals surface area (Å²) in [6, 6.07) is 13.5. The number of esters is 1. The van der Waals surface area contributed by atoms with Gasteiger partial charge in [0, 0.05) is 17.0 Å². The lowest BCUT2D eigenvalue weighted by molar-refractivity contribution is -0.152. The van der Waals surface area contributed by atoms with Crippen LogP contribution in [0.4, 0.5) is 0 Å². The Morgan fingerprint density at radius 1 is 1.03 bits per heavy atom. The van der Waals surface area contributed by atoms with E-state index in [0.29, 0.717) is 21.2 Å². The van der Waals surface area contributed by atoms with Gasteiger partial charge in [0.05, 0.1) is 6.04 Å². The molecule has 0 heterocycles. The second kappa shape index (κ2) is 10.8. The number of carbonyl (C=O) groups is 3. The van der Waals surface area contributed by atoms with Crippen LogP contribution in [0.2, 0.25) is 10.0 Å². The molecule has 8 heteroatoms. The molecule has 0 unspecified atom stereocenters. The summed E-state index contributed by atoms with van der Waals surface area (Å²) >= 11 is 12.1. The number of amides is 2. The summed E-state index contributed by atoms with van der Waals surface area (Å²) in [7, 11) is 0. The van der Waals surface area contributed by atoms with Crippen LogP contribution in [-0.4, -0.2) is 23.9 Å². The van der Waals surface area contributed by atoms with Crippen LogP contribution in [0.1, 0.15) is 37.9 Å². The van der Waals surface area contributed by atoms with E-state index in [2.05, 4.69) is 10.6 Å². The number of hydrogen-bond acceptors (Lipinski definition) is 4. The van der Waals surface area contributed by atoms with Crippen LogP contribution in [-0.2, 0) is 19.1 Å². The molecule has 0 spiro atoms. The molecule has 30 heavy (non-hydrogen) atoms. The summed E-state index contributed by atoms with van der Waals surface area (Å²) in [5.41, 5.74) is 1.30. The van der Waals surface area contributed by atoms with Crippen LogP contribution >= 0.6 is 23.2 Å². The summed E-state index contributed by atoms with van der Waals surface area (Å²) in [6.45, 7) is 4.47. The molecule has 0 aromatic heterocycles. The lowest BCUT2D eigenvalue weighted by Gasteiger charge is -2.20. The summed E-state index contributed by atoms with van der Waals surface area (Å²) in [4.78, 5) is 36.5. The zero-order chi connectivity index (χ0) is 22.3. The Morgan fingerprint density at radius 2 is 1.70 bits per heavy atom. The first kappa shape index (κ1) is 23.4. The van der Waals surface area contributed by atoms with E-state index in [4.69, 9.17) is 27.9 Å². The third kappa shape index (κ3) is 6.90. The molecule has 0 bridgehead atoms. The first-order valence-electron chi connectivity index (χ1n) is 9.18. The molecular weight excluding hydrogens is 427 g/mol. The topological polar surface area (TPSA) is 84.5 Å². The number of hydrogen-bond donors (Lipinski definition) is 2. The van der Waals surface area contributed by atoms with Crippen molar-refractivity contribution in [2.75, 3.05) is 0 Å². The minimum Gasteiger partial charge on any atom is -0.448 e. The zero-order valence-corrected chi connectivity index (χ0v) is 18.3. The second-order valence-corrected chi connectivity index (χ2v) is 7.44. The van der Waals surface area contributed by atoms with E-state index in [9.17, 15) is 14.4 Å². The highest BCUT2D eigenvalue weighted by atomic mass is 35.5. The van der Waals surface area contributed by atoms with Gasteiger partial charge in [-0.05, 0) is 43.2 Å². The second-order valence-electron chi connectivity index (χ2n) is 6.59. The molecule has 6 nitrogen and oxygen atoms in total. The minimum absolute atomic E-state index is 0.0675. The van der Waals surface area contributed by atoms with Gasteiger partial charge in [0.25, 0.3) is 5.91 Å². The number of rotatable bonds is 7. The SMILES string of the molecule is CC(=O)N/C(=C/c1ccccc1)C(=O)O[C@H](C)C(=O)N[C@@H](C)c1ccc(Cl)cc1Cl. The van der Waals surface area contributed by atoms with Crippen molar-refractivity contribution in [2.45, 2.75) is 32.9 Å². The molecule has 0 saturated carbocycles. The zero-order valence-electron chi connectivity index (χ0n) is 16.7. The van der Waals surface area contributed by atoms with E-state index in [0.717, 1.165) is 0 Å². The van der Waals surface area contributed by atoms with Crippen molar-refractivity contribution in [1.29, 1.82) is 0 Å². The monoisotopic (exact) mass is 448 g/mol. The highest BCUT2D eigenvalue weighted by Gasteiger charge is 2.23. The molecular formula is C22H22Cl2N2O4. The van der Waals surface area contributed by atoms with Crippen LogP contribution in [0.3, 0.4) is 0 Å². The Kier molecular flexibility index (Phi) is 8.45. The molecule has 0 aliphatic carbocycles. The molecule has 0 aliphatic rings. The van der Waals surface area contributed by atoms with E-state index in [1.165, 1.54) is 19.9 Å². The van der Waals surface area contributed by atoms with Gasteiger partial charge in [0.1, 0.15) is 5.70 Å². The first-order chi connectivity index (χ1) is 14.2. The molecule has 0 radical (unpaired) electrons. The number of benzene rings is 2. The first-order valence-corrected chi connectivity index (χ1v) is 9.93. The summed E-state index contributed by atoms with van der Waals surface area (Å²) < 4.78 is 5.25. The van der Waals surface area contributed by atoms with E-state index in [1.807, 2.05) is 6.07 Å². The van der Waals surface area contributed by atoms with Crippen molar-refractivity contribution in [2.24, 2.45) is 0 Å². The molecule has 2 atom stereocenters. The third-order valence-electron chi connectivity index (χ3n) is 4.08. The van der Waals surface area contributed by atoms with E-state index in [-0.39, 0.29) is 5.70 Å². The summed E-state index contributed by atoms with van der Waals surface area (Å²) in [5.74, 6) is -1.77. The standard InChI is InChI=1S/C22H22Cl2N2O4/c1-13(18-10-9-17(23)12-19(18)24)25-21(28)14(2)30-22(29)20(26-15(3)27)11-16-7-5-4-6-8-16/h4-14H,1-3H3,(H,25,28)(H,26,27)/b20-11+/t13-,14+/m0/s1. The van der Waals surface area contributed by atoms with Crippen LogP contribution < -0.4 is 10.6 Å². The number of ether oxygens (including phenoxy) is 1. The lowest BCUT2D eigenvalue weighted by atomic mass is 10.1. The van der Waals surface area contributed by atoms with Gasteiger partial charge in [-0.25, -0.2) is 4.79 Å². The van der Waals surface area contributed by atoms with Gasteiger partial charge in [0.2, 0.25) is 5.91 Å². The Labute approximate surface area is 185 Å². The van der Waals surface area contributed by atoms with E-state index < -0.39 is 29.9 Å². The smallest absolute Gasteiger partial charge is 0.355 e. The molecule has 0 fully saturated rings. The van der Waals surface area contributed by atoms with Gasteiger partial charge in [-0.3, -0.25) is 9.59 Å². The molecule has 2 amide bonds. The van der Waals surface area contributed by atoms with Gasteiger partial charge in [-0.15, -0.1) is 0 Å². The minimum atomic E-state index is -1.10. The maximum atomic E-state index is 12.5. The highest BCUT2D eigenvalue weighted by Crippen LogP contribution is 2.26. The van der Waals surface area contributed by atoms with Crippen molar-refractivity contribution in [3.63, 3.8) is 0 Å². The van der Waals surface area contributed by atoms with Gasteiger partial charge in [0.15, 0.2) is 6.10 Å². The number of carbonyl (C=O) groups excluding carboxylic acids is 3. The van der Waals surface area contributed by atoms with Gasteiger partial charge < -0.3 is 15.4 Å². The average molecular weight is 449 g/mol. The average Bonchev–Trinajstić information content (AvgIpc) is 2.67. The van der Waals surface area contributed by atoms with Gasteiger partial charge >= 0.3 is 5.97 Å². The summed E-state index contributed by atoms with van der Waals surface area (Å²) in [6.07, 6.45) is 0.378. The molecule has 2 aromatic carbocycles. The quantitative estimate of drug-likeness (QED) is 0.488. The predicted molar refractivity (Wildman–Crippen MR) is 117 cm³/mol. The summed E-state index contributed by atoms with van der Waals surface area (Å²) in [5, 5.41) is 6.08. The Balaban J connectivity index is 2.07. The van der Waals surface area contributed by atoms with Gasteiger partial charge in [-0.2, -0.15) is 0 Å². The van der Waals surface area contributed by atoms with E-state index in [1.54, 1.807) is 49.4 Å². The fourth-order valence-electron chi connectivity index (χ4n) is 2.59. The fourth-order valence-corrected chi connectivity index (χ4v) is 3.16. The number of halogens is 2. The molecule has 2 rings (SSSR count). The third-order valence-corrected chi connectivity index (χ3v) is 4.64. The molecule has 158 valence electrons. The molecule has 2 N–H and O–H groups in total. The highest BCUT2D eigenvalue weighted by molar-refractivity contribution is 6.35. The lowest BCUT2D eigenvalue weighted by Crippen LogP contribution is -2.38. The predicted octanol–water partition coefficient (Wildman–Crippen LogP) is 4.28. The van der Waals surface area contributed by atoms with Crippen molar-refractivity contribution < 1.29 is 19.1 Å². The van der Waals surface area contributed by atoms with Crippen molar-refractivity contribution in [1.82, 2.24) is 10.6 Å². The fraction of sp³-hybridized carbons (Fsp3) is 0.227.